The Kier molecular flexibility index (Phi) is 3.65. The number of anilines is 1. The predicted molar refractivity (Wildman–Crippen MR) is 67.6 cm³/mol. The van der Waals surface area contributed by atoms with Gasteiger partial charge in [0.2, 0.25) is 0 Å². The molecular weight excluding hydrogens is 275 g/mol. The highest BCUT2D eigenvalue weighted by molar-refractivity contribution is 5.87. The summed E-state index contributed by atoms with van der Waals surface area (Å²) >= 11 is 0. The molecule has 0 saturated heterocycles. The third kappa shape index (κ3) is 3.25. The maximum Gasteiger partial charge on any atom is 0.416 e. The van der Waals surface area contributed by atoms with Gasteiger partial charge < -0.3 is 0 Å². The van der Waals surface area contributed by atoms with Gasteiger partial charge in [0.1, 0.15) is 5.69 Å². The van der Waals surface area contributed by atoms with E-state index in [9.17, 15) is 23.3 Å². The molecule has 1 aromatic carbocycles. The summed E-state index contributed by atoms with van der Waals surface area (Å²) < 4.78 is 37.6. The second-order valence-electron chi connectivity index (χ2n) is 4.63. The van der Waals surface area contributed by atoms with Crippen LogP contribution in [0.5, 0.6) is 0 Å². The average Bonchev–Trinajstić information content (AvgIpc) is 3.18. The van der Waals surface area contributed by atoms with Crippen LogP contribution in [-0.2, 0) is 6.18 Å². The van der Waals surface area contributed by atoms with Gasteiger partial charge in [-0.2, -0.15) is 18.3 Å². The molecule has 1 saturated carbocycles. The standard InChI is InChI=1S/C12H12F3N3O2/c1-7(8-2-3-8)16-17-10-5-4-9(12(13,14)15)6-11(10)18(19)20/h4-6,8,17H,2-3H2,1H3/b16-7-. The number of nitrogens with one attached hydrogen (secondary N) is 1. The summed E-state index contributed by atoms with van der Waals surface area (Å²) in [4.78, 5) is 9.98. The van der Waals surface area contributed by atoms with E-state index in [1.165, 1.54) is 0 Å². The minimum atomic E-state index is -4.61. The lowest BCUT2D eigenvalue weighted by Gasteiger charge is -2.08. The van der Waals surface area contributed by atoms with Gasteiger partial charge in [-0.25, -0.2) is 0 Å². The molecule has 0 aliphatic heterocycles. The van der Waals surface area contributed by atoms with Crippen molar-refractivity contribution in [3.8, 4) is 0 Å². The maximum atomic E-state index is 12.5. The van der Waals surface area contributed by atoms with Crippen LogP contribution in [0.15, 0.2) is 23.3 Å². The van der Waals surface area contributed by atoms with E-state index in [2.05, 4.69) is 10.5 Å². The molecule has 0 bridgehead atoms. The molecule has 0 spiro atoms. The van der Waals surface area contributed by atoms with Gasteiger partial charge in [0.25, 0.3) is 5.69 Å². The highest BCUT2D eigenvalue weighted by atomic mass is 19.4. The SMILES string of the molecule is C/C(=N/Nc1ccc(C(F)(F)F)cc1[N+](=O)[O-])C1CC1. The molecule has 0 radical (unpaired) electrons. The summed E-state index contributed by atoms with van der Waals surface area (Å²) in [5, 5.41) is 14.8. The first-order valence-corrected chi connectivity index (χ1v) is 5.95. The molecular formula is C12H12F3N3O2. The van der Waals surface area contributed by atoms with Crippen LogP contribution in [0.2, 0.25) is 0 Å². The van der Waals surface area contributed by atoms with E-state index >= 15 is 0 Å². The Bertz CT molecular complexity index is 566. The van der Waals surface area contributed by atoms with Gasteiger partial charge in [-0.05, 0) is 37.8 Å². The van der Waals surface area contributed by atoms with Crippen LogP contribution in [0.3, 0.4) is 0 Å². The molecule has 2 rings (SSSR count). The molecule has 0 unspecified atom stereocenters. The monoisotopic (exact) mass is 287 g/mol. The van der Waals surface area contributed by atoms with E-state index in [-0.39, 0.29) is 5.69 Å². The van der Waals surface area contributed by atoms with E-state index in [0.717, 1.165) is 30.7 Å². The number of hydrogen-bond acceptors (Lipinski definition) is 4. The number of rotatable bonds is 4. The first kappa shape index (κ1) is 14.3. The first-order valence-electron chi connectivity index (χ1n) is 5.95. The second kappa shape index (κ2) is 5.10. The summed E-state index contributed by atoms with van der Waals surface area (Å²) in [6, 6.07) is 2.31. The number of benzene rings is 1. The topological polar surface area (TPSA) is 67.5 Å². The van der Waals surface area contributed by atoms with Gasteiger partial charge in [0.15, 0.2) is 0 Å². The predicted octanol–water partition coefficient (Wildman–Crippen LogP) is 3.81. The Morgan fingerprint density at radius 1 is 1.45 bits per heavy atom. The molecule has 1 fully saturated rings. The van der Waals surface area contributed by atoms with Crippen molar-refractivity contribution < 1.29 is 18.1 Å². The molecule has 8 heteroatoms. The first-order chi connectivity index (χ1) is 9.29. The van der Waals surface area contributed by atoms with Crippen LogP contribution < -0.4 is 5.43 Å². The lowest BCUT2D eigenvalue weighted by Crippen LogP contribution is -2.07. The third-order valence-corrected chi connectivity index (χ3v) is 3.04. The molecule has 108 valence electrons. The Labute approximate surface area is 112 Å². The summed E-state index contributed by atoms with van der Waals surface area (Å²) in [6.07, 6.45) is -2.57. The van der Waals surface area contributed by atoms with Crippen LogP contribution in [0.1, 0.15) is 25.3 Å². The van der Waals surface area contributed by atoms with Crippen LogP contribution in [0.25, 0.3) is 0 Å². The van der Waals surface area contributed by atoms with Crippen LogP contribution in [0, 0.1) is 16.0 Å². The van der Waals surface area contributed by atoms with Gasteiger partial charge in [-0.15, -0.1) is 0 Å². The lowest BCUT2D eigenvalue weighted by atomic mass is 10.1. The van der Waals surface area contributed by atoms with Gasteiger partial charge in [-0.1, -0.05) is 0 Å². The number of nitro groups is 1. The number of nitro benzene ring substituents is 1. The van der Waals surface area contributed by atoms with Gasteiger partial charge in [0.05, 0.1) is 10.5 Å². The minimum Gasteiger partial charge on any atom is -0.272 e. The zero-order valence-electron chi connectivity index (χ0n) is 10.6. The number of hydrogen-bond donors (Lipinski definition) is 1. The van der Waals surface area contributed by atoms with Crippen molar-refractivity contribution in [1.29, 1.82) is 0 Å². The Hall–Kier alpha value is -2.12. The Morgan fingerprint density at radius 2 is 2.10 bits per heavy atom. The van der Waals surface area contributed by atoms with E-state index < -0.39 is 22.4 Å². The quantitative estimate of drug-likeness (QED) is 0.520. The maximum absolute atomic E-state index is 12.5. The summed E-state index contributed by atoms with van der Waals surface area (Å²) in [7, 11) is 0. The van der Waals surface area contributed by atoms with Crippen molar-refractivity contribution in [2.24, 2.45) is 11.0 Å². The van der Waals surface area contributed by atoms with Crippen molar-refractivity contribution in [3.63, 3.8) is 0 Å². The fraction of sp³-hybridized carbons (Fsp3) is 0.417. The minimum absolute atomic E-state index is 0.0528. The molecule has 0 atom stereocenters. The summed E-state index contributed by atoms with van der Waals surface area (Å²) in [6.45, 7) is 1.78. The van der Waals surface area contributed by atoms with Crippen LogP contribution >= 0.6 is 0 Å². The number of hydrazone groups is 1. The molecule has 5 nitrogen and oxygen atoms in total. The van der Waals surface area contributed by atoms with E-state index in [4.69, 9.17) is 0 Å². The largest absolute Gasteiger partial charge is 0.416 e. The van der Waals surface area contributed by atoms with Crippen molar-refractivity contribution >= 4 is 17.1 Å². The molecule has 0 amide bonds. The second-order valence-corrected chi connectivity index (χ2v) is 4.63. The third-order valence-electron chi connectivity index (χ3n) is 3.04. The van der Waals surface area contributed by atoms with E-state index in [0.29, 0.717) is 12.0 Å². The number of halogens is 3. The van der Waals surface area contributed by atoms with E-state index in [1.807, 2.05) is 0 Å². The Balaban J connectivity index is 2.28. The zero-order chi connectivity index (χ0) is 14.9. The van der Waals surface area contributed by atoms with Gasteiger partial charge in [-0.3, -0.25) is 15.5 Å². The average molecular weight is 287 g/mol. The van der Waals surface area contributed by atoms with Crippen LogP contribution in [0.4, 0.5) is 24.5 Å². The molecule has 0 aromatic heterocycles. The summed E-state index contributed by atoms with van der Waals surface area (Å²) in [5.74, 6) is 0.371. The highest BCUT2D eigenvalue weighted by Gasteiger charge is 2.33. The molecule has 1 aliphatic carbocycles. The Morgan fingerprint density at radius 3 is 2.60 bits per heavy atom. The van der Waals surface area contributed by atoms with E-state index in [1.54, 1.807) is 6.92 Å². The van der Waals surface area contributed by atoms with Crippen molar-refractivity contribution in [2.75, 3.05) is 5.43 Å². The summed E-state index contributed by atoms with van der Waals surface area (Å²) in [5.41, 5.74) is 1.51. The fourth-order valence-corrected chi connectivity index (χ4v) is 1.69. The van der Waals surface area contributed by atoms with Crippen molar-refractivity contribution in [3.05, 3.63) is 33.9 Å². The lowest BCUT2D eigenvalue weighted by molar-refractivity contribution is -0.384. The fourth-order valence-electron chi connectivity index (χ4n) is 1.69. The smallest absolute Gasteiger partial charge is 0.272 e. The van der Waals surface area contributed by atoms with Gasteiger partial charge in [0, 0.05) is 11.8 Å². The van der Waals surface area contributed by atoms with Crippen LogP contribution in [-0.4, -0.2) is 10.6 Å². The molecule has 20 heavy (non-hydrogen) atoms. The molecule has 1 aromatic rings. The van der Waals surface area contributed by atoms with Crippen molar-refractivity contribution in [1.82, 2.24) is 0 Å². The number of alkyl halides is 3. The molecule has 1 aliphatic rings. The zero-order valence-corrected chi connectivity index (χ0v) is 10.6. The normalized spacial score (nSPS) is 16.1. The number of nitrogens with zero attached hydrogens (tertiary/aromatic N) is 2. The highest BCUT2D eigenvalue weighted by Crippen LogP contribution is 2.35. The van der Waals surface area contributed by atoms with Gasteiger partial charge >= 0.3 is 6.18 Å². The van der Waals surface area contributed by atoms with Crippen molar-refractivity contribution in [2.45, 2.75) is 25.9 Å². The molecule has 1 N–H and O–H groups in total. The molecule has 0 heterocycles.